The van der Waals surface area contributed by atoms with Gasteiger partial charge in [-0.3, -0.25) is 14.8 Å². The van der Waals surface area contributed by atoms with Gasteiger partial charge < -0.3 is 5.32 Å². The van der Waals surface area contributed by atoms with Crippen molar-refractivity contribution in [3.05, 3.63) is 41.2 Å². The molecule has 1 aromatic carbocycles. The number of hydrogen-bond donors (Lipinski definition) is 1. The normalized spacial score (nSPS) is 21.2. The summed E-state index contributed by atoms with van der Waals surface area (Å²) in [7, 11) is -3.75. The van der Waals surface area contributed by atoms with Gasteiger partial charge in [-0.15, -0.1) is 11.8 Å². The fourth-order valence-electron chi connectivity index (χ4n) is 4.37. The van der Waals surface area contributed by atoms with E-state index in [0.29, 0.717) is 10.6 Å². The number of alkyl halides is 4. The highest BCUT2D eigenvalue weighted by Crippen LogP contribution is 2.49. The van der Waals surface area contributed by atoms with Crippen LogP contribution in [0.4, 0.5) is 34.6 Å². The average Bonchev–Trinajstić information content (AvgIpc) is 3.11. The lowest BCUT2D eigenvalue weighted by molar-refractivity contribution is -0.121. The maximum Gasteiger partial charge on any atom is 0.277 e. The summed E-state index contributed by atoms with van der Waals surface area (Å²) in [6.45, 7) is 3.95. The monoisotopic (exact) mass is 568 g/mol. The molecule has 1 fully saturated rings. The zero-order chi connectivity index (χ0) is 27.6. The predicted molar refractivity (Wildman–Crippen MR) is 139 cm³/mol. The molecule has 38 heavy (non-hydrogen) atoms. The predicted octanol–water partition coefficient (Wildman–Crippen LogP) is 5.16. The Hall–Kier alpha value is -2.80. The van der Waals surface area contributed by atoms with Crippen molar-refractivity contribution in [2.24, 2.45) is 15.9 Å². The number of benzene rings is 1. The molecule has 2 aromatic rings. The molecule has 202 valence electrons. The second kappa shape index (κ2) is 9.15. The number of aliphatic imine (C=N–C) groups is 2. The van der Waals surface area contributed by atoms with Crippen molar-refractivity contribution in [3.63, 3.8) is 0 Å². The molecule has 1 atom stereocenters. The molecule has 5 rings (SSSR count). The average molecular weight is 569 g/mol. The molecule has 3 heterocycles. The Morgan fingerprint density at radius 1 is 1.21 bits per heavy atom. The number of carbonyl (C=O) groups excluding carboxylic acids is 1. The summed E-state index contributed by atoms with van der Waals surface area (Å²) in [6, 6.07) is 6.13. The van der Waals surface area contributed by atoms with Gasteiger partial charge in [0.25, 0.3) is 12.3 Å². The van der Waals surface area contributed by atoms with Crippen molar-refractivity contribution in [1.29, 1.82) is 0 Å². The number of sulfone groups is 1. The molecule has 1 aliphatic carbocycles. The van der Waals surface area contributed by atoms with Crippen molar-refractivity contribution >= 4 is 55.2 Å². The first-order valence-corrected chi connectivity index (χ1v) is 14.6. The second-order valence-corrected chi connectivity index (χ2v) is 13.3. The molecule has 0 spiro atoms. The van der Waals surface area contributed by atoms with Gasteiger partial charge in [0.15, 0.2) is 9.84 Å². The first-order chi connectivity index (χ1) is 17.6. The number of fused-ring (bicyclic) bond motifs is 1. The molecule has 1 N–H and O–H groups in total. The summed E-state index contributed by atoms with van der Waals surface area (Å²) in [4.78, 5) is 25.2. The van der Waals surface area contributed by atoms with E-state index in [0.717, 1.165) is 12.0 Å². The fraction of sp³-hybridized carbons (Fsp3) is 0.440. The minimum absolute atomic E-state index is 0.0418. The van der Waals surface area contributed by atoms with Gasteiger partial charge >= 0.3 is 0 Å². The maximum atomic E-state index is 13.4. The minimum Gasteiger partial charge on any atom is -0.353 e. The molecular formula is C25H24F4N4O3S2. The SMILES string of the molecule is CC1(C)CSC(c2ccc(Nc3cc(CC(=O)[C@H]4CC4(F)F)nc4c3N=C(C(F)F)C4)c(S(C)(=O)=O)c2)=N1. The van der Waals surface area contributed by atoms with E-state index in [1.807, 2.05) is 13.8 Å². The summed E-state index contributed by atoms with van der Waals surface area (Å²) in [5.74, 6) is -4.37. The van der Waals surface area contributed by atoms with Crippen LogP contribution in [0.15, 0.2) is 39.1 Å². The van der Waals surface area contributed by atoms with Gasteiger partial charge in [0.05, 0.1) is 49.9 Å². The van der Waals surface area contributed by atoms with Gasteiger partial charge in [0, 0.05) is 36.8 Å². The Kier molecular flexibility index (Phi) is 6.45. The van der Waals surface area contributed by atoms with Crippen LogP contribution in [-0.4, -0.2) is 59.8 Å². The van der Waals surface area contributed by atoms with Crippen molar-refractivity contribution < 1.29 is 30.8 Å². The van der Waals surface area contributed by atoms with Crippen LogP contribution in [0.1, 0.15) is 37.2 Å². The Bertz CT molecular complexity index is 1520. The summed E-state index contributed by atoms with van der Waals surface area (Å²) in [5.41, 5.74) is 0.605. The third kappa shape index (κ3) is 5.35. The molecule has 13 heteroatoms. The highest BCUT2D eigenvalue weighted by atomic mass is 32.2. The number of rotatable bonds is 8. The van der Waals surface area contributed by atoms with Crippen LogP contribution in [0.3, 0.4) is 0 Å². The lowest BCUT2D eigenvalue weighted by Crippen LogP contribution is -2.15. The molecule has 2 aliphatic heterocycles. The quantitative estimate of drug-likeness (QED) is 0.442. The number of thioether (sulfide) groups is 1. The summed E-state index contributed by atoms with van der Waals surface area (Å²) in [5, 5.41) is 3.68. The number of aromatic nitrogens is 1. The molecule has 0 amide bonds. The van der Waals surface area contributed by atoms with Crippen molar-refractivity contribution in [1.82, 2.24) is 4.98 Å². The smallest absolute Gasteiger partial charge is 0.277 e. The van der Waals surface area contributed by atoms with E-state index in [9.17, 15) is 30.8 Å². The fourth-order valence-corrected chi connectivity index (χ4v) is 6.39. The number of anilines is 2. The summed E-state index contributed by atoms with van der Waals surface area (Å²) in [6.07, 6.45) is -2.99. The number of hydrogen-bond acceptors (Lipinski definition) is 8. The van der Waals surface area contributed by atoms with Crippen LogP contribution in [0.5, 0.6) is 0 Å². The molecule has 3 aliphatic rings. The van der Waals surface area contributed by atoms with E-state index in [2.05, 4.69) is 20.3 Å². The highest BCUT2D eigenvalue weighted by Gasteiger charge is 2.60. The molecule has 0 saturated heterocycles. The van der Waals surface area contributed by atoms with Crippen molar-refractivity contribution in [2.75, 3.05) is 17.3 Å². The Balaban J connectivity index is 1.53. The van der Waals surface area contributed by atoms with Gasteiger partial charge in [-0.1, -0.05) is 6.07 Å². The Morgan fingerprint density at radius 3 is 2.50 bits per heavy atom. The van der Waals surface area contributed by atoms with E-state index >= 15 is 0 Å². The minimum atomic E-state index is -3.75. The van der Waals surface area contributed by atoms with Crippen molar-refractivity contribution in [3.8, 4) is 0 Å². The highest BCUT2D eigenvalue weighted by molar-refractivity contribution is 8.14. The maximum absolute atomic E-state index is 13.4. The number of ketones is 1. The zero-order valence-electron chi connectivity index (χ0n) is 20.7. The van der Waals surface area contributed by atoms with E-state index < -0.39 is 52.4 Å². The van der Waals surface area contributed by atoms with E-state index in [4.69, 9.17) is 0 Å². The van der Waals surface area contributed by atoms with Crippen LogP contribution in [0.2, 0.25) is 0 Å². The van der Waals surface area contributed by atoms with Gasteiger partial charge in [0.1, 0.15) is 11.5 Å². The zero-order valence-corrected chi connectivity index (χ0v) is 22.3. The summed E-state index contributed by atoms with van der Waals surface area (Å²) >= 11 is 1.52. The lowest BCUT2D eigenvalue weighted by atomic mass is 10.1. The second-order valence-electron chi connectivity index (χ2n) is 10.3. The topological polar surface area (TPSA) is 101 Å². The number of nitrogens with one attached hydrogen (secondary N) is 1. The van der Waals surface area contributed by atoms with Gasteiger partial charge in [-0.25, -0.2) is 31.0 Å². The third-order valence-corrected chi connectivity index (χ3v) is 9.00. The van der Waals surface area contributed by atoms with E-state index in [-0.39, 0.29) is 45.3 Å². The largest absolute Gasteiger partial charge is 0.353 e. The number of nitrogens with zero attached hydrogens (tertiary/aromatic N) is 3. The number of Topliss-reactive ketones (excluding diaryl/α,β-unsaturated/α-hetero) is 1. The Morgan fingerprint density at radius 2 is 1.92 bits per heavy atom. The molecule has 0 bridgehead atoms. The molecular weight excluding hydrogens is 544 g/mol. The molecule has 1 saturated carbocycles. The number of halogens is 4. The Labute approximate surface area is 221 Å². The van der Waals surface area contributed by atoms with Crippen molar-refractivity contribution in [2.45, 2.75) is 55.9 Å². The van der Waals surface area contributed by atoms with Crippen LogP contribution in [0, 0.1) is 5.92 Å². The van der Waals surface area contributed by atoms with E-state index in [1.165, 1.54) is 23.9 Å². The van der Waals surface area contributed by atoms with Gasteiger partial charge in [-0.2, -0.15) is 0 Å². The molecule has 1 aromatic heterocycles. The van der Waals surface area contributed by atoms with Crippen LogP contribution in [-0.2, 0) is 27.5 Å². The third-order valence-electron chi connectivity index (χ3n) is 6.41. The number of carbonyl (C=O) groups is 1. The molecule has 0 unspecified atom stereocenters. The van der Waals surface area contributed by atoms with Gasteiger partial charge in [-0.05, 0) is 32.0 Å². The standard InChI is InChI=1S/C25H24F4N4O3S2/c1-24(2)11-37-23(33-24)12-4-5-15(20(6-12)38(3,35)36)31-16-7-13(8-19(34)14-10-25(14,28)29)30-17-9-18(22(26)27)32-21(16)17/h4-7,14,22H,8-11H2,1-3H3,(H,30,31)/t14-/m1/s1. The lowest BCUT2D eigenvalue weighted by Gasteiger charge is -2.15. The number of pyridine rings is 1. The van der Waals surface area contributed by atoms with Crippen LogP contribution in [0.25, 0.3) is 0 Å². The summed E-state index contributed by atoms with van der Waals surface area (Å²) < 4.78 is 79.1. The van der Waals surface area contributed by atoms with Gasteiger partial charge in [0.2, 0.25) is 0 Å². The van der Waals surface area contributed by atoms with Crippen LogP contribution < -0.4 is 5.32 Å². The van der Waals surface area contributed by atoms with E-state index in [1.54, 1.807) is 12.1 Å². The molecule has 7 nitrogen and oxygen atoms in total. The molecule has 0 radical (unpaired) electrons. The first-order valence-electron chi connectivity index (χ1n) is 11.8. The first kappa shape index (κ1) is 26.8. The van der Waals surface area contributed by atoms with Crippen LogP contribution >= 0.6 is 11.8 Å².